The highest BCUT2D eigenvalue weighted by Crippen LogP contribution is 2.38. The Kier molecular flexibility index (Phi) is 4.61. The summed E-state index contributed by atoms with van der Waals surface area (Å²) in [7, 11) is 3.24. The third-order valence-corrected chi connectivity index (χ3v) is 4.49. The van der Waals surface area contributed by atoms with Crippen LogP contribution < -0.4 is 14.8 Å². The van der Waals surface area contributed by atoms with Gasteiger partial charge in [-0.2, -0.15) is 0 Å². The normalized spacial score (nSPS) is 17.1. The molecule has 2 heterocycles. The summed E-state index contributed by atoms with van der Waals surface area (Å²) in [6, 6.07) is 5.50. The second-order valence-corrected chi connectivity index (χ2v) is 5.97. The Hall–Kier alpha value is -2.35. The molecule has 23 heavy (non-hydrogen) atoms. The molecule has 122 valence electrons. The summed E-state index contributed by atoms with van der Waals surface area (Å²) in [6.07, 6.45) is 1.84. The summed E-state index contributed by atoms with van der Waals surface area (Å²) >= 11 is 1.30. The number of aromatic nitrogens is 2. The average molecular weight is 334 g/mol. The molecule has 0 aliphatic carbocycles. The number of ether oxygens (including phenoxy) is 2. The number of hydrogen-bond acceptors (Lipinski definition) is 6. The zero-order valence-electron chi connectivity index (χ0n) is 13.0. The highest BCUT2D eigenvalue weighted by atomic mass is 32.1. The number of benzene rings is 1. The van der Waals surface area contributed by atoms with E-state index in [-0.39, 0.29) is 12.1 Å². The molecule has 1 unspecified atom stereocenters. The van der Waals surface area contributed by atoms with Gasteiger partial charge in [0.25, 0.3) is 0 Å². The molecule has 1 atom stereocenters. The Labute approximate surface area is 138 Å². The number of anilines is 1. The van der Waals surface area contributed by atoms with Crippen LogP contribution in [0.15, 0.2) is 23.7 Å². The molecular formula is C15H18N4O3S. The van der Waals surface area contributed by atoms with Crippen LogP contribution in [0.4, 0.5) is 9.93 Å². The largest absolute Gasteiger partial charge is 0.497 e. The van der Waals surface area contributed by atoms with Crippen LogP contribution in [0.2, 0.25) is 0 Å². The van der Waals surface area contributed by atoms with Gasteiger partial charge in [-0.05, 0) is 25.0 Å². The molecule has 2 aromatic rings. The van der Waals surface area contributed by atoms with E-state index in [1.807, 2.05) is 23.1 Å². The van der Waals surface area contributed by atoms with Gasteiger partial charge in [0, 0.05) is 18.2 Å². The number of nitrogens with one attached hydrogen (secondary N) is 1. The Bertz CT molecular complexity index is 677. The van der Waals surface area contributed by atoms with Crippen molar-refractivity contribution in [1.82, 2.24) is 15.1 Å². The molecule has 8 heteroatoms. The fourth-order valence-corrected chi connectivity index (χ4v) is 3.25. The lowest BCUT2D eigenvalue weighted by atomic mass is 10.0. The lowest BCUT2D eigenvalue weighted by molar-refractivity contribution is 0.206. The number of hydrogen-bond donors (Lipinski definition) is 1. The first-order valence-electron chi connectivity index (χ1n) is 7.28. The summed E-state index contributed by atoms with van der Waals surface area (Å²) < 4.78 is 10.7. The molecule has 0 spiro atoms. The maximum absolute atomic E-state index is 12.5. The minimum Gasteiger partial charge on any atom is -0.497 e. The van der Waals surface area contributed by atoms with Crippen molar-refractivity contribution in [1.29, 1.82) is 0 Å². The Morgan fingerprint density at radius 3 is 2.96 bits per heavy atom. The fraction of sp³-hybridized carbons (Fsp3) is 0.400. The van der Waals surface area contributed by atoms with Crippen molar-refractivity contribution in [2.24, 2.45) is 0 Å². The quantitative estimate of drug-likeness (QED) is 0.930. The molecule has 7 nitrogen and oxygen atoms in total. The maximum Gasteiger partial charge on any atom is 0.324 e. The Balaban J connectivity index is 1.82. The second kappa shape index (κ2) is 6.82. The fourth-order valence-electron chi connectivity index (χ4n) is 2.82. The predicted molar refractivity (Wildman–Crippen MR) is 87.2 cm³/mol. The minimum atomic E-state index is -0.165. The molecule has 3 rings (SSSR count). The van der Waals surface area contributed by atoms with Crippen LogP contribution in [0.1, 0.15) is 24.4 Å². The minimum absolute atomic E-state index is 0.0243. The van der Waals surface area contributed by atoms with Gasteiger partial charge in [0.15, 0.2) is 0 Å². The van der Waals surface area contributed by atoms with Gasteiger partial charge in [-0.25, -0.2) is 4.79 Å². The molecule has 1 aliphatic heterocycles. The van der Waals surface area contributed by atoms with Crippen LogP contribution in [0.3, 0.4) is 0 Å². The number of likely N-dealkylation sites (tertiary alicyclic amines) is 1. The van der Waals surface area contributed by atoms with Gasteiger partial charge < -0.3 is 14.4 Å². The molecule has 1 aliphatic rings. The van der Waals surface area contributed by atoms with E-state index in [1.165, 1.54) is 11.3 Å². The SMILES string of the molecule is COc1ccc(C2CCCN2C(=O)Nc2nncs2)c(OC)c1. The highest BCUT2D eigenvalue weighted by Gasteiger charge is 2.32. The Morgan fingerprint density at radius 2 is 2.26 bits per heavy atom. The smallest absolute Gasteiger partial charge is 0.324 e. The van der Waals surface area contributed by atoms with Crippen molar-refractivity contribution < 1.29 is 14.3 Å². The summed E-state index contributed by atoms with van der Waals surface area (Å²) in [5.41, 5.74) is 2.57. The molecule has 0 bridgehead atoms. The highest BCUT2D eigenvalue weighted by molar-refractivity contribution is 7.13. The van der Waals surface area contributed by atoms with E-state index in [4.69, 9.17) is 9.47 Å². The summed E-state index contributed by atoms with van der Waals surface area (Å²) in [5.74, 6) is 1.46. The van der Waals surface area contributed by atoms with E-state index in [1.54, 1.807) is 19.7 Å². The molecule has 1 saturated heterocycles. The van der Waals surface area contributed by atoms with Gasteiger partial charge >= 0.3 is 6.03 Å². The standard InChI is InChI=1S/C15H18N4O3S/c1-21-10-5-6-11(13(8-10)22-2)12-4-3-7-19(12)15(20)17-14-18-16-9-23-14/h5-6,8-9,12H,3-4,7H2,1-2H3,(H,17,18,20). The van der Waals surface area contributed by atoms with Crippen molar-refractivity contribution in [2.45, 2.75) is 18.9 Å². The van der Waals surface area contributed by atoms with Gasteiger partial charge in [-0.15, -0.1) is 10.2 Å². The van der Waals surface area contributed by atoms with Crippen molar-refractivity contribution in [3.05, 3.63) is 29.3 Å². The van der Waals surface area contributed by atoms with Crippen molar-refractivity contribution in [3.63, 3.8) is 0 Å². The molecule has 1 aromatic heterocycles. The topological polar surface area (TPSA) is 76.6 Å². The van der Waals surface area contributed by atoms with E-state index < -0.39 is 0 Å². The molecule has 1 fully saturated rings. The van der Waals surface area contributed by atoms with Crippen LogP contribution in [0, 0.1) is 0 Å². The number of rotatable bonds is 4. The lowest BCUT2D eigenvalue weighted by Gasteiger charge is -2.26. The van der Waals surface area contributed by atoms with E-state index >= 15 is 0 Å². The zero-order valence-corrected chi connectivity index (χ0v) is 13.8. The summed E-state index contributed by atoms with van der Waals surface area (Å²) in [5, 5.41) is 10.9. The Morgan fingerprint density at radius 1 is 1.39 bits per heavy atom. The zero-order chi connectivity index (χ0) is 16.2. The molecule has 1 N–H and O–H groups in total. The van der Waals surface area contributed by atoms with Crippen LogP contribution in [0.25, 0.3) is 0 Å². The number of urea groups is 1. The molecule has 0 saturated carbocycles. The number of amides is 2. The maximum atomic E-state index is 12.5. The molecule has 2 amide bonds. The number of nitrogens with zero attached hydrogens (tertiary/aromatic N) is 3. The number of carbonyl (C=O) groups is 1. The second-order valence-electron chi connectivity index (χ2n) is 5.13. The monoisotopic (exact) mass is 334 g/mol. The third-order valence-electron chi connectivity index (χ3n) is 3.89. The van der Waals surface area contributed by atoms with Crippen molar-refractivity contribution in [2.75, 3.05) is 26.1 Å². The van der Waals surface area contributed by atoms with Gasteiger partial charge in [0.1, 0.15) is 17.0 Å². The van der Waals surface area contributed by atoms with E-state index in [9.17, 15) is 4.79 Å². The average Bonchev–Trinajstić information content (AvgIpc) is 3.25. The molecular weight excluding hydrogens is 316 g/mol. The summed E-state index contributed by atoms with van der Waals surface area (Å²) in [4.78, 5) is 14.3. The van der Waals surface area contributed by atoms with Crippen molar-refractivity contribution >= 4 is 22.5 Å². The van der Waals surface area contributed by atoms with E-state index in [2.05, 4.69) is 15.5 Å². The van der Waals surface area contributed by atoms with Gasteiger partial charge in [0.05, 0.1) is 20.3 Å². The van der Waals surface area contributed by atoms with Crippen LogP contribution in [-0.2, 0) is 0 Å². The van der Waals surface area contributed by atoms with Crippen LogP contribution in [0.5, 0.6) is 11.5 Å². The molecule has 1 aromatic carbocycles. The predicted octanol–water partition coefficient (Wildman–Crippen LogP) is 2.92. The van der Waals surface area contributed by atoms with Crippen molar-refractivity contribution in [3.8, 4) is 11.5 Å². The van der Waals surface area contributed by atoms with Gasteiger partial charge in [-0.3, -0.25) is 5.32 Å². The number of carbonyl (C=O) groups excluding carboxylic acids is 1. The summed E-state index contributed by atoms with van der Waals surface area (Å²) in [6.45, 7) is 0.699. The first-order chi connectivity index (χ1) is 11.2. The lowest BCUT2D eigenvalue weighted by Crippen LogP contribution is -2.34. The van der Waals surface area contributed by atoms with Crippen LogP contribution >= 0.6 is 11.3 Å². The van der Waals surface area contributed by atoms with E-state index in [0.717, 1.165) is 29.9 Å². The van der Waals surface area contributed by atoms with Gasteiger partial charge in [0.2, 0.25) is 5.13 Å². The van der Waals surface area contributed by atoms with Gasteiger partial charge in [-0.1, -0.05) is 11.3 Å². The first kappa shape index (κ1) is 15.5. The van der Waals surface area contributed by atoms with Crippen LogP contribution in [-0.4, -0.2) is 41.9 Å². The first-order valence-corrected chi connectivity index (χ1v) is 8.16. The number of methoxy groups -OCH3 is 2. The van der Waals surface area contributed by atoms with E-state index in [0.29, 0.717) is 11.7 Å². The third kappa shape index (κ3) is 3.21. The molecule has 0 radical (unpaired) electrons.